The normalized spacial score (nSPS) is 13.9. The van der Waals surface area contributed by atoms with E-state index in [4.69, 9.17) is 0 Å². The zero-order chi connectivity index (χ0) is 21.2. The summed E-state index contributed by atoms with van der Waals surface area (Å²) in [4.78, 5) is 7.31. The number of nitriles is 1. The minimum absolute atomic E-state index is 0.125. The number of hydrogen-bond donors (Lipinski definition) is 2. The van der Waals surface area contributed by atoms with Crippen LogP contribution in [0.2, 0.25) is 0 Å². The van der Waals surface area contributed by atoms with Gasteiger partial charge in [-0.05, 0) is 54.5 Å². The van der Waals surface area contributed by atoms with Crippen molar-refractivity contribution < 1.29 is 4.39 Å². The van der Waals surface area contributed by atoms with Crippen molar-refractivity contribution in [1.29, 1.82) is 5.26 Å². The predicted octanol–water partition coefficient (Wildman–Crippen LogP) is 3.77. The number of fused-ring (bicyclic) bond motifs is 1. The molecule has 0 amide bonds. The number of aromatic nitrogens is 5. The summed E-state index contributed by atoms with van der Waals surface area (Å²) in [5.41, 5.74) is 4.21. The second-order valence-electron chi connectivity index (χ2n) is 8.11. The second-order valence-corrected chi connectivity index (χ2v) is 8.11. The topological polar surface area (TPSA) is 95.2 Å². The predicted molar refractivity (Wildman–Crippen MR) is 114 cm³/mol. The van der Waals surface area contributed by atoms with Crippen molar-refractivity contribution in [2.75, 3.05) is 6.54 Å². The number of hydrogen-bond acceptors (Lipinski definition) is 5. The molecule has 1 aliphatic carbocycles. The second kappa shape index (κ2) is 8.28. The summed E-state index contributed by atoms with van der Waals surface area (Å²) < 4.78 is 15.2. The largest absolute Gasteiger partial charge is 0.357 e. The third kappa shape index (κ3) is 4.18. The summed E-state index contributed by atoms with van der Waals surface area (Å²) in [6.45, 7) is 2.45. The molecule has 0 atom stereocenters. The van der Waals surface area contributed by atoms with Crippen LogP contribution in [0.25, 0.3) is 22.2 Å². The molecule has 3 heterocycles. The van der Waals surface area contributed by atoms with E-state index in [2.05, 4.69) is 49.9 Å². The van der Waals surface area contributed by atoms with Gasteiger partial charge in [0.05, 0.1) is 18.9 Å². The van der Waals surface area contributed by atoms with Gasteiger partial charge in [-0.3, -0.25) is 0 Å². The van der Waals surface area contributed by atoms with Crippen LogP contribution in [0, 0.1) is 23.1 Å². The van der Waals surface area contributed by atoms with Gasteiger partial charge in [-0.25, -0.2) is 14.1 Å². The molecule has 0 radical (unpaired) electrons. The molecule has 0 aliphatic heterocycles. The molecule has 156 valence electrons. The van der Waals surface area contributed by atoms with Crippen molar-refractivity contribution in [3.8, 4) is 17.3 Å². The molecular formula is C23H22FN7. The Morgan fingerprint density at radius 1 is 1.26 bits per heavy atom. The maximum atomic E-state index is 13.6. The first-order chi connectivity index (χ1) is 15.2. The third-order valence-corrected chi connectivity index (χ3v) is 5.84. The number of nitrogens with one attached hydrogen (secondary N) is 2. The first-order valence-corrected chi connectivity index (χ1v) is 10.5. The van der Waals surface area contributed by atoms with Gasteiger partial charge >= 0.3 is 0 Å². The molecule has 3 aromatic heterocycles. The van der Waals surface area contributed by atoms with Crippen LogP contribution in [0.1, 0.15) is 36.2 Å². The highest BCUT2D eigenvalue weighted by Gasteiger charge is 2.16. The fraction of sp³-hybridized carbons (Fsp3) is 0.304. The van der Waals surface area contributed by atoms with Crippen LogP contribution in [-0.4, -0.2) is 31.5 Å². The fourth-order valence-corrected chi connectivity index (χ4v) is 3.95. The minimum atomic E-state index is -0.515. The molecule has 0 bridgehead atoms. The van der Waals surface area contributed by atoms with E-state index in [9.17, 15) is 9.65 Å². The van der Waals surface area contributed by atoms with Gasteiger partial charge in [0.1, 0.15) is 23.3 Å². The summed E-state index contributed by atoms with van der Waals surface area (Å²) in [6, 6.07) is 11.7. The van der Waals surface area contributed by atoms with E-state index in [1.54, 1.807) is 10.9 Å². The van der Waals surface area contributed by atoms with Gasteiger partial charge in [-0.2, -0.15) is 5.26 Å². The number of nitrogens with zero attached hydrogens (tertiary/aromatic N) is 5. The fourth-order valence-electron chi connectivity index (χ4n) is 3.95. The van der Waals surface area contributed by atoms with Crippen molar-refractivity contribution in [1.82, 2.24) is 30.3 Å². The number of benzene rings is 1. The first-order valence-electron chi connectivity index (χ1n) is 10.5. The molecule has 2 N–H and O–H groups in total. The lowest BCUT2D eigenvalue weighted by atomic mass is 9.85. The lowest BCUT2D eigenvalue weighted by Gasteiger charge is -2.25. The van der Waals surface area contributed by atoms with E-state index in [-0.39, 0.29) is 5.69 Å². The standard InChI is InChI=1S/C23H22FN7/c24-18-8-20(22(9-25)27-11-18)23-14-31(30-29-23)13-16-4-5-17-7-19(28-21(17)6-16)12-26-10-15-2-1-3-15/h4-8,11,14-15,26,28H,1-3,10,12-13H2. The zero-order valence-electron chi connectivity index (χ0n) is 17.0. The molecular weight excluding hydrogens is 393 g/mol. The Hall–Kier alpha value is -3.57. The van der Waals surface area contributed by atoms with E-state index in [1.807, 2.05) is 6.07 Å². The Morgan fingerprint density at radius 2 is 2.16 bits per heavy atom. The number of H-pyrrole nitrogens is 1. The highest BCUT2D eigenvalue weighted by Crippen LogP contribution is 2.25. The van der Waals surface area contributed by atoms with Gasteiger partial charge in [0.25, 0.3) is 0 Å². The van der Waals surface area contributed by atoms with Crippen LogP contribution in [-0.2, 0) is 13.1 Å². The molecule has 7 nitrogen and oxygen atoms in total. The maximum absolute atomic E-state index is 13.6. The summed E-state index contributed by atoms with van der Waals surface area (Å²) in [5, 5.41) is 22.2. The summed E-state index contributed by atoms with van der Waals surface area (Å²) >= 11 is 0. The number of pyridine rings is 1. The van der Waals surface area contributed by atoms with Gasteiger partial charge < -0.3 is 10.3 Å². The molecule has 1 saturated carbocycles. The third-order valence-electron chi connectivity index (χ3n) is 5.84. The Labute approximate surface area is 178 Å². The van der Waals surface area contributed by atoms with Crippen LogP contribution in [0.3, 0.4) is 0 Å². The number of aromatic amines is 1. The Morgan fingerprint density at radius 3 is 2.97 bits per heavy atom. The Kier molecular flexibility index (Phi) is 5.18. The highest BCUT2D eigenvalue weighted by molar-refractivity contribution is 5.81. The molecule has 31 heavy (non-hydrogen) atoms. The molecule has 5 rings (SSSR count). The minimum Gasteiger partial charge on any atom is -0.357 e. The van der Waals surface area contributed by atoms with E-state index < -0.39 is 5.82 Å². The molecule has 0 unspecified atom stereocenters. The van der Waals surface area contributed by atoms with Gasteiger partial charge in [0, 0.05) is 23.3 Å². The van der Waals surface area contributed by atoms with Crippen LogP contribution in [0.4, 0.5) is 4.39 Å². The lowest BCUT2D eigenvalue weighted by Crippen LogP contribution is -2.26. The lowest BCUT2D eigenvalue weighted by molar-refractivity contribution is 0.301. The molecule has 0 saturated heterocycles. The quantitative estimate of drug-likeness (QED) is 0.479. The zero-order valence-corrected chi connectivity index (χ0v) is 17.0. The van der Waals surface area contributed by atoms with Crippen molar-refractivity contribution in [3.63, 3.8) is 0 Å². The summed E-state index contributed by atoms with van der Waals surface area (Å²) in [6.07, 6.45) is 6.79. The van der Waals surface area contributed by atoms with Gasteiger partial charge in [-0.1, -0.05) is 23.8 Å². The Bertz CT molecular complexity index is 1260. The van der Waals surface area contributed by atoms with Gasteiger partial charge in [0.2, 0.25) is 0 Å². The van der Waals surface area contributed by atoms with E-state index in [0.717, 1.165) is 36.3 Å². The maximum Gasteiger partial charge on any atom is 0.150 e. The van der Waals surface area contributed by atoms with E-state index in [0.29, 0.717) is 17.8 Å². The highest BCUT2D eigenvalue weighted by atomic mass is 19.1. The molecule has 1 aromatic carbocycles. The van der Waals surface area contributed by atoms with Crippen molar-refractivity contribution >= 4 is 10.9 Å². The number of halogens is 1. The van der Waals surface area contributed by atoms with Crippen molar-refractivity contribution in [3.05, 3.63) is 65.5 Å². The molecule has 8 heteroatoms. The van der Waals surface area contributed by atoms with Crippen molar-refractivity contribution in [2.24, 2.45) is 5.92 Å². The van der Waals surface area contributed by atoms with Gasteiger partial charge in [0.15, 0.2) is 0 Å². The van der Waals surface area contributed by atoms with Crippen LogP contribution in [0.5, 0.6) is 0 Å². The first kappa shape index (κ1) is 19.4. The van der Waals surface area contributed by atoms with Crippen LogP contribution < -0.4 is 5.32 Å². The van der Waals surface area contributed by atoms with Crippen LogP contribution >= 0.6 is 0 Å². The van der Waals surface area contributed by atoms with Crippen molar-refractivity contribution in [2.45, 2.75) is 32.4 Å². The number of rotatable bonds is 7. The average molecular weight is 415 g/mol. The van der Waals surface area contributed by atoms with Crippen LogP contribution in [0.15, 0.2) is 42.7 Å². The monoisotopic (exact) mass is 415 g/mol. The average Bonchev–Trinajstić information content (AvgIpc) is 3.36. The smallest absolute Gasteiger partial charge is 0.150 e. The van der Waals surface area contributed by atoms with E-state index >= 15 is 0 Å². The SMILES string of the molecule is N#Cc1ncc(F)cc1-c1cn(Cc2ccc3cc(CNCC4CCC4)[nH]c3c2)nn1. The summed E-state index contributed by atoms with van der Waals surface area (Å²) in [7, 11) is 0. The van der Waals surface area contributed by atoms with Gasteiger partial charge in [-0.15, -0.1) is 5.10 Å². The van der Waals surface area contributed by atoms with E-state index in [1.165, 1.54) is 36.4 Å². The molecule has 1 aliphatic rings. The molecule has 0 spiro atoms. The molecule has 1 fully saturated rings. The summed E-state index contributed by atoms with van der Waals surface area (Å²) in [5.74, 6) is 0.328. The Balaban J connectivity index is 1.29. The molecule has 4 aromatic rings.